The van der Waals surface area contributed by atoms with Crippen LogP contribution in [0.25, 0.3) is 0 Å². The largest absolute Gasteiger partial charge is 0.472 e. The molecule has 0 fully saturated rings. The summed E-state index contributed by atoms with van der Waals surface area (Å²) in [5, 5.41) is 22.8. The SMILES string of the molecule is O=C(O)C#Cc1ccc(/C=N/OCc2ccc([N+](=O)[O-])cc2)cc1. The number of carboxylic acid groups (broad SMARTS) is 1. The summed E-state index contributed by atoms with van der Waals surface area (Å²) >= 11 is 0. The van der Waals surface area contributed by atoms with E-state index in [4.69, 9.17) is 9.94 Å². The van der Waals surface area contributed by atoms with Crippen molar-refractivity contribution in [3.05, 3.63) is 75.3 Å². The molecule has 0 aliphatic carbocycles. The fourth-order valence-corrected chi connectivity index (χ4v) is 1.70. The maximum Gasteiger partial charge on any atom is 0.382 e. The molecule has 7 nitrogen and oxygen atoms in total. The van der Waals surface area contributed by atoms with Crippen molar-refractivity contribution < 1.29 is 19.7 Å². The molecule has 7 heteroatoms. The third kappa shape index (κ3) is 5.27. The Bertz CT molecular complexity index is 815. The summed E-state index contributed by atoms with van der Waals surface area (Å²) in [7, 11) is 0. The molecule has 120 valence electrons. The highest BCUT2D eigenvalue weighted by molar-refractivity contribution is 5.87. The van der Waals surface area contributed by atoms with Crippen molar-refractivity contribution >= 4 is 17.9 Å². The van der Waals surface area contributed by atoms with Crippen LogP contribution in [-0.2, 0) is 16.2 Å². The number of aliphatic carboxylic acids is 1. The Kier molecular flexibility index (Phi) is 5.64. The summed E-state index contributed by atoms with van der Waals surface area (Å²) in [6, 6.07) is 12.8. The third-order valence-electron chi connectivity index (χ3n) is 2.88. The second kappa shape index (κ2) is 8.10. The van der Waals surface area contributed by atoms with E-state index in [2.05, 4.69) is 11.1 Å². The molecule has 0 bridgehead atoms. The quantitative estimate of drug-likeness (QED) is 0.394. The van der Waals surface area contributed by atoms with Crippen molar-refractivity contribution in [3.63, 3.8) is 0 Å². The Morgan fingerprint density at radius 3 is 2.46 bits per heavy atom. The molecule has 0 aromatic heterocycles. The normalized spacial score (nSPS) is 10.0. The van der Waals surface area contributed by atoms with Crippen LogP contribution in [0.2, 0.25) is 0 Å². The molecule has 0 spiro atoms. The van der Waals surface area contributed by atoms with E-state index in [1.54, 1.807) is 36.4 Å². The lowest BCUT2D eigenvalue weighted by atomic mass is 10.1. The van der Waals surface area contributed by atoms with Crippen LogP contribution in [-0.4, -0.2) is 22.2 Å². The van der Waals surface area contributed by atoms with E-state index >= 15 is 0 Å². The Hall–Kier alpha value is -3.66. The van der Waals surface area contributed by atoms with Gasteiger partial charge in [-0.15, -0.1) is 0 Å². The lowest BCUT2D eigenvalue weighted by Gasteiger charge is -1.99. The van der Waals surface area contributed by atoms with E-state index in [1.807, 2.05) is 5.92 Å². The van der Waals surface area contributed by atoms with E-state index in [1.165, 1.54) is 18.3 Å². The van der Waals surface area contributed by atoms with Gasteiger partial charge < -0.3 is 9.94 Å². The molecule has 2 aromatic rings. The molecule has 0 unspecified atom stereocenters. The highest BCUT2D eigenvalue weighted by atomic mass is 16.6. The molecule has 0 aliphatic rings. The monoisotopic (exact) mass is 324 g/mol. The molecule has 0 saturated carbocycles. The van der Waals surface area contributed by atoms with Gasteiger partial charge in [0.25, 0.3) is 5.69 Å². The molecule has 2 rings (SSSR count). The van der Waals surface area contributed by atoms with Crippen LogP contribution in [0.5, 0.6) is 0 Å². The van der Waals surface area contributed by atoms with Crippen molar-refractivity contribution in [2.24, 2.45) is 5.16 Å². The Labute approximate surface area is 137 Å². The predicted octanol–water partition coefficient (Wildman–Crippen LogP) is 2.58. The molecule has 0 atom stereocenters. The highest BCUT2D eigenvalue weighted by Gasteiger charge is 2.03. The number of hydrogen-bond acceptors (Lipinski definition) is 5. The van der Waals surface area contributed by atoms with Gasteiger partial charge in [0.2, 0.25) is 0 Å². The third-order valence-corrected chi connectivity index (χ3v) is 2.88. The molecule has 24 heavy (non-hydrogen) atoms. The van der Waals surface area contributed by atoms with Gasteiger partial charge in [0.15, 0.2) is 0 Å². The van der Waals surface area contributed by atoms with Crippen LogP contribution in [0.15, 0.2) is 53.7 Å². The maximum absolute atomic E-state index is 10.5. The first-order chi connectivity index (χ1) is 11.5. The summed E-state index contributed by atoms with van der Waals surface area (Å²) in [5.74, 6) is 3.35. The average molecular weight is 324 g/mol. The number of nitro benzene ring substituents is 1. The predicted molar refractivity (Wildman–Crippen MR) is 86.4 cm³/mol. The van der Waals surface area contributed by atoms with Gasteiger partial charge in [-0.2, -0.15) is 0 Å². The van der Waals surface area contributed by atoms with Gasteiger partial charge in [-0.3, -0.25) is 10.1 Å². The number of nitro groups is 1. The van der Waals surface area contributed by atoms with E-state index < -0.39 is 10.9 Å². The Morgan fingerprint density at radius 1 is 1.21 bits per heavy atom. The van der Waals surface area contributed by atoms with Gasteiger partial charge in [0.05, 0.1) is 11.1 Å². The number of nitrogens with zero attached hydrogens (tertiary/aromatic N) is 2. The van der Waals surface area contributed by atoms with Gasteiger partial charge in [-0.05, 0) is 35.4 Å². The van der Waals surface area contributed by atoms with Crippen molar-refractivity contribution in [3.8, 4) is 11.8 Å². The smallest absolute Gasteiger partial charge is 0.382 e. The summed E-state index contributed by atoms with van der Waals surface area (Å²) in [6.07, 6.45) is 1.50. The van der Waals surface area contributed by atoms with Crippen LogP contribution in [0.4, 0.5) is 5.69 Å². The van der Waals surface area contributed by atoms with Gasteiger partial charge in [0, 0.05) is 23.6 Å². The summed E-state index contributed by atoms with van der Waals surface area (Å²) in [5.41, 5.74) is 2.13. The minimum absolute atomic E-state index is 0.0216. The minimum Gasteiger partial charge on any atom is -0.472 e. The van der Waals surface area contributed by atoms with Crippen LogP contribution in [0.1, 0.15) is 16.7 Å². The first kappa shape index (κ1) is 16.7. The highest BCUT2D eigenvalue weighted by Crippen LogP contribution is 2.12. The van der Waals surface area contributed by atoms with E-state index in [-0.39, 0.29) is 12.3 Å². The van der Waals surface area contributed by atoms with E-state index in [0.717, 1.165) is 11.1 Å². The molecule has 0 heterocycles. The molecular weight excluding hydrogens is 312 g/mol. The fourth-order valence-electron chi connectivity index (χ4n) is 1.70. The van der Waals surface area contributed by atoms with Gasteiger partial charge in [0.1, 0.15) is 6.61 Å². The number of benzene rings is 2. The zero-order valence-electron chi connectivity index (χ0n) is 12.4. The second-order valence-corrected chi connectivity index (χ2v) is 4.61. The number of carbonyl (C=O) groups is 1. The fraction of sp³-hybridized carbons (Fsp3) is 0.0588. The lowest BCUT2D eigenvalue weighted by Crippen LogP contribution is -1.91. The first-order valence-corrected chi connectivity index (χ1v) is 6.78. The molecule has 2 aromatic carbocycles. The summed E-state index contributed by atoms with van der Waals surface area (Å²) < 4.78 is 0. The maximum atomic E-state index is 10.5. The zero-order valence-corrected chi connectivity index (χ0v) is 12.4. The minimum atomic E-state index is -1.18. The summed E-state index contributed by atoms with van der Waals surface area (Å²) in [4.78, 5) is 25.5. The van der Waals surface area contributed by atoms with Crippen molar-refractivity contribution in [1.29, 1.82) is 0 Å². The topological polar surface area (TPSA) is 102 Å². The number of oxime groups is 1. The van der Waals surface area contributed by atoms with Crippen molar-refractivity contribution in [2.75, 3.05) is 0 Å². The molecule has 1 N–H and O–H groups in total. The van der Waals surface area contributed by atoms with Crippen molar-refractivity contribution in [2.45, 2.75) is 6.61 Å². The second-order valence-electron chi connectivity index (χ2n) is 4.61. The van der Waals surface area contributed by atoms with Crippen molar-refractivity contribution in [1.82, 2.24) is 0 Å². The van der Waals surface area contributed by atoms with Gasteiger partial charge in [-0.1, -0.05) is 23.2 Å². The number of non-ortho nitro benzene ring substituents is 1. The standard InChI is InChI=1S/C17H12N2O5/c20-17(21)10-7-13-1-3-14(4-2-13)11-18-24-12-15-5-8-16(9-6-15)19(22)23/h1-6,8-9,11H,12H2,(H,20,21)/b18-11+. The van der Waals surface area contributed by atoms with Crippen LogP contribution in [0, 0.1) is 22.0 Å². The van der Waals surface area contributed by atoms with Crippen LogP contribution in [0.3, 0.4) is 0 Å². The Morgan fingerprint density at radius 2 is 1.88 bits per heavy atom. The number of rotatable bonds is 5. The molecular formula is C17H12N2O5. The molecule has 0 radical (unpaired) electrons. The van der Waals surface area contributed by atoms with E-state index in [9.17, 15) is 14.9 Å². The first-order valence-electron chi connectivity index (χ1n) is 6.78. The molecule has 0 aliphatic heterocycles. The molecule has 0 amide bonds. The van der Waals surface area contributed by atoms with Gasteiger partial charge >= 0.3 is 5.97 Å². The van der Waals surface area contributed by atoms with E-state index in [0.29, 0.717) is 5.56 Å². The molecule has 0 saturated heterocycles. The van der Waals surface area contributed by atoms with Crippen LogP contribution < -0.4 is 0 Å². The number of carboxylic acids is 1. The Balaban J connectivity index is 1.87. The average Bonchev–Trinajstić information content (AvgIpc) is 2.58. The summed E-state index contributed by atoms with van der Waals surface area (Å²) in [6.45, 7) is 0.191. The van der Waals surface area contributed by atoms with Gasteiger partial charge in [-0.25, -0.2) is 4.79 Å². The lowest BCUT2D eigenvalue weighted by molar-refractivity contribution is -0.384. The number of hydrogen-bond donors (Lipinski definition) is 1. The zero-order chi connectivity index (χ0) is 17.4. The van der Waals surface area contributed by atoms with Crippen LogP contribution >= 0.6 is 0 Å².